The van der Waals surface area contributed by atoms with Crippen molar-refractivity contribution < 1.29 is 0 Å². The van der Waals surface area contributed by atoms with Gasteiger partial charge in [-0.2, -0.15) is 0 Å². The van der Waals surface area contributed by atoms with Gasteiger partial charge in [0.15, 0.2) is 0 Å². The molecule has 0 saturated carbocycles. The first kappa shape index (κ1) is 11.1. The first-order valence-electron chi connectivity index (χ1n) is 4.75. The molecular formula is C10H16ClN3. The largest absolute Gasteiger partial charge is 0.382 e. The van der Waals surface area contributed by atoms with E-state index >= 15 is 0 Å². The van der Waals surface area contributed by atoms with Crippen LogP contribution < -0.4 is 11.1 Å². The van der Waals surface area contributed by atoms with Gasteiger partial charge in [-0.1, -0.05) is 25.4 Å². The zero-order valence-electron chi connectivity index (χ0n) is 8.55. The Kier molecular flexibility index (Phi) is 4.01. The van der Waals surface area contributed by atoms with Crippen LogP contribution in [0.4, 0.5) is 11.5 Å². The summed E-state index contributed by atoms with van der Waals surface area (Å²) in [6.45, 7) is 5.28. The van der Waals surface area contributed by atoms with Gasteiger partial charge in [0, 0.05) is 6.54 Å². The maximum absolute atomic E-state index is 5.68. The van der Waals surface area contributed by atoms with Gasteiger partial charge >= 0.3 is 0 Å². The lowest BCUT2D eigenvalue weighted by atomic mass is 10.1. The molecule has 1 rings (SSSR count). The van der Waals surface area contributed by atoms with Gasteiger partial charge in [-0.15, -0.1) is 0 Å². The van der Waals surface area contributed by atoms with E-state index in [1.807, 2.05) is 6.07 Å². The molecule has 14 heavy (non-hydrogen) atoms. The third kappa shape index (κ3) is 3.42. The summed E-state index contributed by atoms with van der Waals surface area (Å²) in [7, 11) is 0. The summed E-state index contributed by atoms with van der Waals surface area (Å²) in [6.07, 6.45) is 1.11. The van der Waals surface area contributed by atoms with Crippen LogP contribution in [0.15, 0.2) is 12.1 Å². The summed E-state index contributed by atoms with van der Waals surface area (Å²) in [6, 6.07) is 3.58. The van der Waals surface area contributed by atoms with E-state index in [4.69, 9.17) is 17.3 Å². The molecule has 0 amide bonds. The number of rotatable bonds is 4. The van der Waals surface area contributed by atoms with Crippen molar-refractivity contribution in [2.24, 2.45) is 5.92 Å². The van der Waals surface area contributed by atoms with E-state index in [2.05, 4.69) is 24.1 Å². The van der Waals surface area contributed by atoms with Crippen LogP contribution in [-0.2, 0) is 0 Å². The first-order valence-corrected chi connectivity index (χ1v) is 5.13. The molecule has 0 aliphatic rings. The van der Waals surface area contributed by atoms with Crippen molar-refractivity contribution in [1.82, 2.24) is 4.98 Å². The second kappa shape index (κ2) is 5.05. The summed E-state index contributed by atoms with van der Waals surface area (Å²) in [4.78, 5) is 3.95. The van der Waals surface area contributed by atoms with E-state index in [0.29, 0.717) is 16.9 Å². The molecule has 1 aromatic heterocycles. The van der Waals surface area contributed by atoms with Crippen molar-refractivity contribution in [3.05, 3.63) is 17.3 Å². The Morgan fingerprint density at radius 1 is 1.50 bits per heavy atom. The Bertz CT molecular complexity index is 299. The van der Waals surface area contributed by atoms with E-state index < -0.39 is 0 Å². The smallest absolute Gasteiger partial charge is 0.148 e. The van der Waals surface area contributed by atoms with Crippen LogP contribution in [0, 0.1) is 5.92 Å². The molecule has 0 saturated heterocycles. The zero-order chi connectivity index (χ0) is 10.6. The standard InChI is InChI=1S/C10H16ClN3/c1-7(2)5-6-13-8-3-4-9(11)14-10(8)12/h3-4,7,13H,5-6H2,1-2H3,(H2,12,14). The fourth-order valence-corrected chi connectivity index (χ4v) is 1.25. The minimum atomic E-state index is 0.428. The first-order chi connectivity index (χ1) is 6.59. The van der Waals surface area contributed by atoms with Crippen LogP contribution in [0.3, 0.4) is 0 Å². The second-order valence-corrected chi connectivity index (χ2v) is 4.06. The van der Waals surface area contributed by atoms with Gasteiger partial charge in [-0.25, -0.2) is 4.98 Å². The SMILES string of the molecule is CC(C)CCNc1ccc(Cl)nc1N. The molecule has 0 aliphatic carbocycles. The second-order valence-electron chi connectivity index (χ2n) is 3.68. The van der Waals surface area contributed by atoms with Crippen LogP contribution >= 0.6 is 11.6 Å². The summed E-state index contributed by atoms with van der Waals surface area (Å²) in [5.74, 6) is 1.14. The van der Waals surface area contributed by atoms with E-state index in [1.54, 1.807) is 6.07 Å². The zero-order valence-corrected chi connectivity index (χ0v) is 9.30. The molecule has 78 valence electrons. The monoisotopic (exact) mass is 213 g/mol. The van der Waals surface area contributed by atoms with Crippen LogP contribution in [-0.4, -0.2) is 11.5 Å². The van der Waals surface area contributed by atoms with Crippen molar-refractivity contribution in [3.63, 3.8) is 0 Å². The Hall–Kier alpha value is -0.960. The summed E-state index contributed by atoms with van der Waals surface area (Å²) < 4.78 is 0. The molecule has 0 aromatic carbocycles. The summed E-state index contributed by atoms with van der Waals surface area (Å²) >= 11 is 5.68. The van der Waals surface area contributed by atoms with Crippen molar-refractivity contribution in [2.75, 3.05) is 17.6 Å². The average molecular weight is 214 g/mol. The van der Waals surface area contributed by atoms with Gasteiger partial charge in [-0.3, -0.25) is 0 Å². The van der Waals surface area contributed by atoms with Gasteiger partial charge in [-0.05, 0) is 24.5 Å². The predicted molar refractivity (Wildman–Crippen MR) is 61.6 cm³/mol. The highest BCUT2D eigenvalue weighted by Crippen LogP contribution is 2.18. The maximum atomic E-state index is 5.68. The number of pyridine rings is 1. The number of anilines is 2. The normalized spacial score (nSPS) is 10.6. The molecule has 0 bridgehead atoms. The number of aromatic nitrogens is 1. The molecule has 0 aliphatic heterocycles. The van der Waals surface area contributed by atoms with Gasteiger partial charge < -0.3 is 11.1 Å². The minimum absolute atomic E-state index is 0.428. The topological polar surface area (TPSA) is 50.9 Å². The lowest BCUT2D eigenvalue weighted by Crippen LogP contribution is -2.07. The fourth-order valence-electron chi connectivity index (χ4n) is 1.10. The number of nitrogens with zero attached hydrogens (tertiary/aromatic N) is 1. The number of halogens is 1. The lowest BCUT2D eigenvalue weighted by molar-refractivity contribution is 0.607. The molecule has 0 atom stereocenters. The minimum Gasteiger partial charge on any atom is -0.382 e. The Morgan fingerprint density at radius 3 is 2.79 bits per heavy atom. The molecular weight excluding hydrogens is 198 g/mol. The Balaban J connectivity index is 2.51. The van der Waals surface area contributed by atoms with Crippen molar-refractivity contribution in [3.8, 4) is 0 Å². The highest BCUT2D eigenvalue weighted by Gasteiger charge is 2.00. The molecule has 3 nitrogen and oxygen atoms in total. The maximum Gasteiger partial charge on any atom is 0.148 e. The highest BCUT2D eigenvalue weighted by molar-refractivity contribution is 6.29. The van der Waals surface area contributed by atoms with Crippen LogP contribution in [0.5, 0.6) is 0 Å². The quantitative estimate of drug-likeness (QED) is 0.757. The van der Waals surface area contributed by atoms with Crippen LogP contribution in [0.25, 0.3) is 0 Å². The number of nitrogens with one attached hydrogen (secondary N) is 1. The number of hydrogen-bond donors (Lipinski definition) is 2. The third-order valence-electron chi connectivity index (χ3n) is 1.93. The average Bonchev–Trinajstić information content (AvgIpc) is 2.08. The Labute approximate surface area is 89.7 Å². The number of nitrogens with two attached hydrogens (primary N) is 1. The molecule has 1 aromatic rings. The number of hydrogen-bond acceptors (Lipinski definition) is 3. The van der Waals surface area contributed by atoms with E-state index in [1.165, 1.54) is 0 Å². The molecule has 0 fully saturated rings. The van der Waals surface area contributed by atoms with E-state index in [9.17, 15) is 0 Å². The van der Waals surface area contributed by atoms with Gasteiger partial charge in [0.05, 0.1) is 5.69 Å². The predicted octanol–water partition coefficient (Wildman–Crippen LogP) is 2.78. The van der Waals surface area contributed by atoms with Crippen molar-refractivity contribution in [2.45, 2.75) is 20.3 Å². The van der Waals surface area contributed by atoms with Gasteiger partial charge in [0.2, 0.25) is 0 Å². The highest BCUT2D eigenvalue weighted by atomic mass is 35.5. The molecule has 4 heteroatoms. The summed E-state index contributed by atoms with van der Waals surface area (Å²) in [5, 5.41) is 3.65. The fraction of sp³-hybridized carbons (Fsp3) is 0.500. The van der Waals surface area contributed by atoms with Gasteiger partial charge in [0.1, 0.15) is 11.0 Å². The summed E-state index contributed by atoms with van der Waals surface area (Å²) in [5.41, 5.74) is 6.54. The molecule has 3 N–H and O–H groups in total. The molecule has 0 unspecified atom stereocenters. The van der Waals surface area contributed by atoms with Crippen molar-refractivity contribution >= 4 is 23.1 Å². The lowest BCUT2D eigenvalue weighted by Gasteiger charge is -2.09. The third-order valence-corrected chi connectivity index (χ3v) is 2.14. The van der Waals surface area contributed by atoms with Gasteiger partial charge in [0.25, 0.3) is 0 Å². The molecule has 0 spiro atoms. The Morgan fingerprint density at radius 2 is 2.21 bits per heavy atom. The van der Waals surface area contributed by atoms with Crippen molar-refractivity contribution in [1.29, 1.82) is 0 Å². The number of nitrogen functional groups attached to an aromatic ring is 1. The molecule has 1 heterocycles. The van der Waals surface area contributed by atoms with Crippen LogP contribution in [0.2, 0.25) is 5.15 Å². The van der Waals surface area contributed by atoms with E-state index in [-0.39, 0.29) is 0 Å². The molecule has 0 radical (unpaired) electrons. The van der Waals surface area contributed by atoms with Crippen LogP contribution in [0.1, 0.15) is 20.3 Å². The van der Waals surface area contributed by atoms with E-state index in [0.717, 1.165) is 18.7 Å².